The molecule has 63 heavy (non-hydrogen) atoms. The molecule has 0 spiro atoms. The van der Waals surface area contributed by atoms with Crippen molar-refractivity contribution in [3.8, 4) is 34.1 Å². The van der Waals surface area contributed by atoms with Gasteiger partial charge in [0, 0.05) is 28.6 Å². The number of aliphatic hydroxyl groups excluding tert-OH is 2. The van der Waals surface area contributed by atoms with Crippen molar-refractivity contribution in [1.29, 1.82) is 0 Å². The molecule has 0 amide bonds. The summed E-state index contributed by atoms with van der Waals surface area (Å²) in [5.74, 6) is 2.93. The summed E-state index contributed by atoms with van der Waals surface area (Å²) < 4.78 is 21.7. The standard InChI is InChI=1S/C16H20O4P2.4C8H10.2C2H6O2.Ru/c1-17-9-5-13(20-4)16(15(22)6-9)10-7-14(21)12(19-3)8-11(10)18-2;4*1-7-4-3-5-8(2)6-7;2*1-2(3)4;/h5-8H,21-22H2,1-4H3;4*3-6H,1-2H3;2*2-4H,1H3;/q;;;;;;;+3. The van der Waals surface area contributed by atoms with Crippen LogP contribution in [0.3, 0.4) is 0 Å². The molecule has 0 aliphatic heterocycles. The van der Waals surface area contributed by atoms with Crippen LogP contribution in [0.2, 0.25) is 0 Å². The van der Waals surface area contributed by atoms with Crippen molar-refractivity contribution >= 4 is 29.1 Å². The third kappa shape index (κ3) is 28.3. The normalized spacial score (nSPS) is 9.43. The molecule has 343 valence electrons. The minimum atomic E-state index is -1.17. The zero-order valence-corrected chi connectivity index (χ0v) is 43.7. The summed E-state index contributed by atoms with van der Waals surface area (Å²) >= 11 is 0. The molecule has 0 saturated carbocycles. The predicted molar refractivity (Wildman–Crippen MR) is 268 cm³/mol. The average molecular weight is 988 g/mol. The van der Waals surface area contributed by atoms with Crippen LogP contribution in [-0.4, -0.2) is 61.4 Å². The van der Waals surface area contributed by atoms with Crippen LogP contribution in [0, 0.1) is 55.4 Å². The van der Waals surface area contributed by atoms with Crippen molar-refractivity contribution < 1.29 is 58.9 Å². The molecule has 0 saturated heterocycles. The molecule has 4 N–H and O–H groups in total. The van der Waals surface area contributed by atoms with Gasteiger partial charge in [-0.15, -0.1) is 18.5 Å². The van der Waals surface area contributed by atoms with E-state index in [4.69, 9.17) is 39.4 Å². The molecule has 2 unspecified atom stereocenters. The van der Waals surface area contributed by atoms with Gasteiger partial charge in [0.15, 0.2) is 0 Å². The van der Waals surface area contributed by atoms with Crippen LogP contribution in [0.1, 0.15) is 58.4 Å². The van der Waals surface area contributed by atoms with E-state index >= 15 is 0 Å². The van der Waals surface area contributed by atoms with Crippen LogP contribution in [0.25, 0.3) is 11.1 Å². The van der Waals surface area contributed by atoms with E-state index in [1.165, 1.54) is 58.4 Å². The van der Waals surface area contributed by atoms with Gasteiger partial charge in [-0.05, 0) is 86.7 Å². The van der Waals surface area contributed by atoms with Crippen LogP contribution < -0.4 is 29.6 Å². The average Bonchev–Trinajstić information content (AvgIpc) is 3.18. The number of hydrogen-bond acceptors (Lipinski definition) is 8. The fraction of sp³-hybridized carbons (Fsp3) is 0.308. The molecule has 0 heterocycles. The molecule has 11 heteroatoms. The molecule has 0 aliphatic rings. The topological polar surface area (TPSA) is 118 Å². The van der Waals surface area contributed by atoms with E-state index in [2.05, 4.69) is 171 Å². The van der Waals surface area contributed by atoms with Crippen LogP contribution in [-0.2, 0) is 19.5 Å². The second-order valence-electron chi connectivity index (χ2n) is 14.5. The SMILES string of the molecule is CC(O)O.CC(O)O.COc1cc(P)c(-c2cc(P)c(OC)cc2OC)c(OC)c1.Cc1cccc(C)c1.Cc1cccc(C)c1.Cc1cccc(C)c1.Cc1cccc(C)c1.[Ru+3]. The largest absolute Gasteiger partial charge is 3.00 e. The van der Waals surface area contributed by atoms with Gasteiger partial charge in [0.25, 0.3) is 0 Å². The first kappa shape index (κ1) is 60.9. The first-order valence-electron chi connectivity index (χ1n) is 20.1. The molecule has 8 nitrogen and oxygen atoms in total. The Kier molecular flexibility index (Phi) is 33.2. The second-order valence-corrected chi connectivity index (χ2v) is 15.7. The third-order valence-corrected chi connectivity index (χ3v) is 8.98. The zero-order chi connectivity index (χ0) is 47.4. The minimum Gasteiger partial charge on any atom is -0.497 e. The maximum Gasteiger partial charge on any atom is 3.00 e. The molecular weight excluding hydrogens is 916 g/mol. The molecule has 1 radical (unpaired) electrons. The van der Waals surface area contributed by atoms with Crippen molar-refractivity contribution in [3.05, 3.63) is 166 Å². The van der Waals surface area contributed by atoms with Crippen LogP contribution in [0.4, 0.5) is 0 Å². The van der Waals surface area contributed by atoms with E-state index in [-0.39, 0.29) is 19.5 Å². The van der Waals surface area contributed by atoms with E-state index in [1.54, 1.807) is 28.4 Å². The molecular formula is C52H72O8P2Ru+3. The first-order chi connectivity index (χ1) is 29.2. The van der Waals surface area contributed by atoms with Crippen molar-refractivity contribution in [3.63, 3.8) is 0 Å². The minimum absolute atomic E-state index is 0. The van der Waals surface area contributed by atoms with Gasteiger partial charge in [0.05, 0.1) is 28.4 Å². The van der Waals surface area contributed by atoms with E-state index in [1.807, 2.05) is 24.3 Å². The van der Waals surface area contributed by atoms with Crippen LogP contribution in [0.15, 0.2) is 121 Å². The van der Waals surface area contributed by atoms with Gasteiger partial charge in [-0.2, -0.15) is 0 Å². The second kappa shape index (κ2) is 34.3. The molecule has 0 aromatic heterocycles. The number of methoxy groups -OCH3 is 4. The van der Waals surface area contributed by atoms with Crippen molar-refractivity contribution in [2.75, 3.05) is 28.4 Å². The van der Waals surface area contributed by atoms with Crippen LogP contribution in [0.5, 0.6) is 23.0 Å². The van der Waals surface area contributed by atoms with Gasteiger partial charge < -0.3 is 39.4 Å². The number of ether oxygens (including phenoxy) is 4. The molecule has 0 bridgehead atoms. The zero-order valence-electron chi connectivity index (χ0n) is 39.6. The van der Waals surface area contributed by atoms with Gasteiger partial charge >= 0.3 is 19.5 Å². The van der Waals surface area contributed by atoms with Crippen LogP contribution >= 0.6 is 18.5 Å². The Labute approximate surface area is 396 Å². The molecule has 6 aromatic rings. The van der Waals surface area contributed by atoms with Gasteiger partial charge in [0.2, 0.25) is 0 Å². The van der Waals surface area contributed by atoms with Crippen molar-refractivity contribution in [1.82, 2.24) is 0 Å². The fourth-order valence-electron chi connectivity index (χ4n) is 5.52. The Morgan fingerprint density at radius 2 is 0.667 bits per heavy atom. The Hall–Kier alpha value is -4.16. The third-order valence-electron chi connectivity index (χ3n) is 8.08. The quantitative estimate of drug-likeness (QED) is 0.0767. The van der Waals surface area contributed by atoms with Crippen molar-refractivity contribution in [2.24, 2.45) is 0 Å². The van der Waals surface area contributed by atoms with Gasteiger partial charge in [0.1, 0.15) is 35.6 Å². The molecule has 6 rings (SSSR count). The number of aryl methyl sites for hydroxylation is 8. The summed E-state index contributed by atoms with van der Waals surface area (Å²) in [6.45, 7) is 19.4. The van der Waals surface area contributed by atoms with E-state index in [0.717, 1.165) is 44.7 Å². The number of benzene rings is 6. The summed E-state index contributed by atoms with van der Waals surface area (Å²) in [7, 11) is 11.9. The monoisotopic (exact) mass is 988 g/mol. The molecule has 0 aliphatic carbocycles. The maximum absolute atomic E-state index is 7.61. The van der Waals surface area contributed by atoms with E-state index in [0.29, 0.717) is 0 Å². The molecule has 6 aromatic carbocycles. The fourth-order valence-corrected chi connectivity index (χ4v) is 6.35. The Morgan fingerprint density at radius 1 is 0.381 bits per heavy atom. The summed E-state index contributed by atoms with van der Waals surface area (Å²) in [6, 6.07) is 41.5. The van der Waals surface area contributed by atoms with Gasteiger partial charge in [-0.1, -0.05) is 142 Å². The van der Waals surface area contributed by atoms with E-state index < -0.39 is 12.6 Å². The van der Waals surface area contributed by atoms with Crippen molar-refractivity contribution in [2.45, 2.75) is 81.8 Å². The summed E-state index contributed by atoms with van der Waals surface area (Å²) in [5.41, 5.74) is 12.6. The Balaban J connectivity index is 0. The summed E-state index contributed by atoms with van der Waals surface area (Å²) in [5, 5.41) is 32.4. The Bertz CT molecular complexity index is 1900. The predicted octanol–water partition coefficient (Wildman–Crippen LogP) is 10.2. The van der Waals surface area contributed by atoms with Gasteiger partial charge in [-0.3, -0.25) is 0 Å². The number of hydrogen-bond donors (Lipinski definition) is 4. The summed E-state index contributed by atoms with van der Waals surface area (Å²) in [4.78, 5) is 0. The molecule has 0 fully saturated rings. The first-order valence-corrected chi connectivity index (χ1v) is 21.2. The Morgan fingerprint density at radius 3 is 0.889 bits per heavy atom. The maximum atomic E-state index is 7.61. The number of aliphatic hydroxyl groups is 4. The van der Waals surface area contributed by atoms with Gasteiger partial charge in [-0.25, -0.2) is 0 Å². The smallest absolute Gasteiger partial charge is 0.497 e. The molecule has 2 atom stereocenters. The van der Waals surface area contributed by atoms with E-state index in [9.17, 15) is 0 Å². The number of rotatable bonds is 5. The summed E-state index contributed by atoms with van der Waals surface area (Å²) in [6.07, 6.45) is -2.33.